The number of fused-ring (bicyclic) bond motifs is 2. The van der Waals surface area contributed by atoms with E-state index in [4.69, 9.17) is 11.6 Å². The largest absolute Gasteiger partial charge is 0.416 e. The van der Waals surface area contributed by atoms with Crippen molar-refractivity contribution >= 4 is 21.6 Å². The summed E-state index contributed by atoms with van der Waals surface area (Å²) in [5.74, 6) is 0. The summed E-state index contributed by atoms with van der Waals surface area (Å²) in [6, 6.07) is 1.99. The van der Waals surface area contributed by atoms with Crippen LogP contribution < -0.4 is 5.32 Å². The van der Waals surface area contributed by atoms with Crippen molar-refractivity contribution in [2.24, 2.45) is 0 Å². The Kier molecular flexibility index (Phi) is 4.37. The molecule has 1 N–H and O–H groups in total. The van der Waals surface area contributed by atoms with Gasteiger partial charge in [0.15, 0.2) is 0 Å². The van der Waals surface area contributed by atoms with Gasteiger partial charge >= 0.3 is 6.18 Å². The molecule has 1 aromatic carbocycles. The van der Waals surface area contributed by atoms with E-state index in [2.05, 4.69) is 5.32 Å². The highest BCUT2D eigenvalue weighted by Crippen LogP contribution is 2.38. The number of hydrogen-bond donors (Lipinski definition) is 1. The second-order valence-electron chi connectivity index (χ2n) is 5.86. The molecule has 0 amide bonds. The van der Waals surface area contributed by atoms with Gasteiger partial charge in [-0.05, 0) is 44.0 Å². The van der Waals surface area contributed by atoms with Gasteiger partial charge < -0.3 is 5.32 Å². The average molecular weight is 369 g/mol. The number of sulfonamides is 1. The molecule has 9 heteroatoms. The first-order valence-electron chi connectivity index (χ1n) is 7.32. The van der Waals surface area contributed by atoms with E-state index in [0.717, 1.165) is 18.6 Å². The van der Waals surface area contributed by atoms with Gasteiger partial charge in [-0.25, -0.2) is 8.42 Å². The summed E-state index contributed by atoms with van der Waals surface area (Å²) < 4.78 is 65.9. The molecule has 0 radical (unpaired) electrons. The molecule has 4 nitrogen and oxygen atoms in total. The van der Waals surface area contributed by atoms with Gasteiger partial charge in [-0.1, -0.05) is 11.6 Å². The molecule has 2 bridgehead atoms. The van der Waals surface area contributed by atoms with Gasteiger partial charge in [0.25, 0.3) is 0 Å². The van der Waals surface area contributed by atoms with E-state index < -0.39 is 26.7 Å². The van der Waals surface area contributed by atoms with Crippen molar-refractivity contribution in [2.45, 2.75) is 42.4 Å². The van der Waals surface area contributed by atoms with Crippen LogP contribution in [0.3, 0.4) is 0 Å². The predicted molar refractivity (Wildman–Crippen MR) is 79.8 cm³/mol. The third-order valence-corrected chi connectivity index (χ3v) is 6.89. The van der Waals surface area contributed by atoms with Crippen molar-refractivity contribution < 1.29 is 21.6 Å². The second kappa shape index (κ2) is 5.91. The van der Waals surface area contributed by atoms with Crippen LogP contribution in [0.15, 0.2) is 23.1 Å². The minimum atomic E-state index is -4.62. The molecule has 23 heavy (non-hydrogen) atoms. The van der Waals surface area contributed by atoms with E-state index in [1.807, 2.05) is 0 Å². The number of alkyl halides is 3. The Labute approximate surface area is 137 Å². The fourth-order valence-electron chi connectivity index (χ4n) is 3.32. The standard InChI is InChI=1S/C14H16ClF3N2O2S/c15-12-4-1-9(14(16,17)18)7-13(12)23(21,22)20-10-2-3-11(20)8-19-6-5-10/h1,4,7,10-11,19H,2-3,5-6,8H2. The van der Waals surface area contributed by atoms with Crippen LogP contribution in [0.25, 0.3) is 0 Å². The van der Waals surface area contributed by atoms with Gasteiger partial charge in [-0.3, -0.25) is 0 Å². The highest BCUT2D eigenvalue weighted by molar-refractivity contribution is 7.89. The van der Waals surface area contributed by atoms with Crippen molar-refractivity contribution in [1.82, 2.24) is 9.62 Å². The maximum Gasteiger partial charge on any atom is 0.416 e. The van der Waals surface area contributed by atoms with E-state index in [1.165, 1.54) is 4.31 Å². The highest BCUT2D eigenvalue weighted by Gasteiger charge is 2.44. The van der Waals surface area contributed by atoms with E-state index in [0.29, 0.717) is 32.0 Å². The molecule has 2 saturated heterocycles. The van der Waals surface area contributed by atoms with Crippen LogP contribution in [0.2, 0.25) is 5.02 Å². The lowest BCUT2D eigenvalue weighted by Gasteiger charge is -2.27. The van der Waals surface area contributed by atoms with Gasteiger partial charge in [0.05, 0.1) is 10.6 Å². The highest BCUT2D eigenvalue weighted by atomic mass is 35.5. The Hall–Kier alpha value is -0.830. The molecule has 2 aliphatic rings. The van der Waals surface area contributed by atoms with Crippen LogP contribution in [0.5, 0.6) is 0 Å². The zero-order chi connectivity index (χ0) is 16.8. The van der Waals surface area contributed by atoms with Crippen molar-refractivity contribution in [3.05, 3.63) is 28.8 Å². The number of halogens is 4. The topological polar surface area (TPSA) is 49.4 Å². The first-order chi connectivity index (χ1) is 10.7. The Morgan fingerprint density at radius 1 is 1.17 bits per heavy atom. The molecule has 128 valence electrons. The van der Waals surface area contributed by atoms with Gasteiger partial charge in [-0.2, -0.15) is 17.5 Å². The number of rotatable bonds is 2. The molecule has 2 unspecified atom stereocenters. The quantitative estimate of drug-likeness (QED) is 0.873. The molecule has 0 saturated carbocycles. The molecule has 0 aliphatic carbocycles. The summed E-state index contributed by atoms with van der Waals surface area (Å²) in [4.78, 5) is -0.465. The maximum absolute atomic E-state index is 12.9. The normalized spacial score (nSPS) is 26.3. The number of nitrogens with one attached hydrogen (secondary N) is 1. The van der Waals surface area contributed by atoms with E-state index >= 15 is 0 Å². The summed E-state index contributed by atoms with van der Waals surface area (Å²) in [7, 11) is -4.07. The monoisotopic (exact) mass is 368 g/mol. The Morgan fingerprint density at radius 2 is 1.87 bits per heavy atom. The zero-order valence-electron chi connectivity index (χ0n) is 12.1. The van der Waals surface area contributed by atoms with E-state index in [1.54, 1.807) is 0 Å². The summed E-state index contributed by atoms with van der Waals surface area (Å²) in [6.45, 7) is 1.20. The minimum Gasteiger partial charge on any atom is -0.315 e. The van der Waals surface area contributed by atoms with Crippen LogP contribution >= 0.6 is 11.6 Å². The first-order valence-corrected chi connectivity index (χ1v) is 9.14. The molecule has 2 aliphatic heterocycles. The summed E-state index contributed by atoms with van der Waals surface area (Å²) in [6.07, 6.45) is -2.55. The van der Waals surface area contributed by atoms with Crippen molar-refractivity contribution in [2.75, 3.05) is 13.1 Å². The van der Waals surface area contributed by atoms with Crippen LogP contribution in [0.1, 0.15) is 24.8 Å². The van der Waals surface area contributed by atoms with Crippen LogP contribution in [-0.2, 0) is 16.2 Å². The van der Waals surface area contributed by atoms with Gasteiger partial charge in [-0.15, -0.1) is 0 Å². The molecular weight excluding hydrogens is 353 g/mol. The smallest absolute Gasteiger partial charge is 0.315 e. The number of hydrogen-bond acceptors (Lipinski definition) is 3. The van der Waals surface area contributed by atoms with Crippen LogP contribution in [0.4, 0.5) is 13.2 Å². The third-order valence-electron chi connectivity index (χ3n) is 4.40. The lowest BCUT2D eigenvalue weighted by molar-refractivity contribution is -0.137. The molecule has 0 spiro atoms. The van der Waals surface area contributed by atoms with Crippen LogP contribution in [0, 0.1) is 0 Å². The predicted octanol–water partition coefficient (Wildman–Crippen LogP) is 2.87. The molecule has 2 fully saturated rings. The van der Waals surface area contributed by atoms with Crippen LogP contribution in [-0.4, -0.2) is 37.9 Å². The first kappa shape index (κ1) is 17.0. The molecule has 2 atom stereocenters. The van der Waals surface area contributed by atoms with Crippen molar-refractivity contribution in [1.29, 1.82) is 0 Å². The number of nitrogens with zero attached hydrogens (tertiary/aromatic N) is 1. The van der Waals surface area contributed by atoms with Gasteiger partial charge in [0.2, 0.25) is 10.0 Å². The lowest BCUT2D eigenvalue weighted by Crippen LogP contribution is -2.42. The summed E-state index contributed by atoms with van der Waals surface area (Å²) >= 11 is 5.92. The molecule has 3 rings (SSSR count). The molecular formula is C14H16ClF3N2O2S. The van der Waals surface area contributed by atoms with Crippen molar-refractivity contribution in [3.8, 4) is 0 Å². The maximum atomic E-state index is 12.9. The second-order valence-corrected chi connectivity index (χ2v) is 8.07. The minimum absolute atomic E-state index is 0.186. The molecule has 1 aromatic rings. The molecule has 0 aromatic heterocycles. The van der Waals surface area contributed by atoms with E-state index in [-0.39, 0.29) is 17.1 Å². The van der Waals surface area contributed by atoms with Gasteiger partial charge in [0, 0.05) is 18.6 Å². The summed E-state index contributed by atoms with van der Waals surface area (Å²) in [5.41, 5.74) is -1.01. The average Bonchev–Trinajstić information content (AvgIpc) is 2.71. The third kappa shape index (κ3) is 3.09. The Balaban J connectivity index is 2.06. The fourth-order valence-corrected chi connectivity index (χ4v) is 5.73. The summed E-state index contributed by atoms with van der Waals surface area (Å²) in [5, 5.41) is 2.98. The molecule has 2 heterocycles. The SMILES string of the molecule is O=S(=O)(c1cc(C(F)(F)F)ccc1Cl)N1C2CCNCC1CC2. The van der Waals surface area contributed by atoms with Gasteiger partial charge in [0.1, 0.15) is 4.90 Å². The number of benzene rings is 1. The lowest BCUT2D eigenvalue weighted by atomic mass is 10.1. The van der Waals surface area contributed by atoms with E-state index in [9.17, 15) is 21.6 Å². The van der Waals surface area contributed by atoms with Crippen molar-refractivity contribution in [3.63, 3.8) is 0 Å². The Morgan fingerprint density at radius 3 is 2.57 bits per heavy atom. The zero-order valence-corrected chi connectivity index (χ0v) is 13.7. The fraction of sp³-hybridized carbons (Fsp3) is 0.571. The Bertz CT molecular complexity index is 694.